The molecule has 1 heteroatoms. The number of carbonyl (C=O) groups is 1. The van der Waals surface area contributed by atoms with E-state index in [1.54, 1.807) is 0 Å². The lowest BCUT2D eigenvalue weighted by Gasteiger charge is -1.78. The molecule has 1 rings (SSSR count). The number of hydrogen-bond donors (Lipinski definition) is 0. The number of hydrogen-bond acceptors (Lipinski definition) is 1. The van der Waals surface area contributed by atoms with E-state index < -0.39 is 0 Å². The van der Waals surface area contributed by atoms with Crippen molar-refractivity contribution in [2.24, 2.45) is 5.92 Å². The van der Waals surface area contributed by atoms with Crippen molar-refractivity contribution in [3.63, 3.8) is 0 Å². The van der Waals surface area contributed by atoms with Crippen LogP contribution in [0.5, 0.6) is 0 Å². The molecule has 0 N–H and O–H groups in total. The molecule has 0 saturated heterocycles. The van der Waals surface area contributed by atoms with E-state index in [9.17, 15) is 4.79 Å². The predicted octanol–water partition coefficient (Wildman–Crippen LogP) is 1.15. The van der Waals surface area contributed by atoms with E-state index in [4.69, 9.17) is 0 Å². The molecule has 1 atom stereocenters. The van der Waals surface area contributed by atoms with E-state index >= 15 is 0 Å². The van der Waals surface area contributed by atoms with Crippen LogP contribution in [-0.4, -0.2) is 6.29 Å². The van der Waals surface area contributed by atoms with Crippen molar-refractivity contribution in [3.05, 3.63) is 11.6 Å². The Balaban J connectivity index is 2.27. The maximum Gasteiger partial charge on any atom is 0.130 e. The molecule has 0 aromatic carbocycles. The Morgan fingerprint density at radius 3 is 2.86 bits per heavy atom. The molecule has 0 spiro atoms. The van der Waals surface area contributed by atoms with Gasteiger partial charge >= 0.3 is 0 Å². The molecule has 0 heterocycles. The van der Waals surface area contributed by atoms with Crippen molar-refractivity contribution in [1.82, 2.24) is 0 Å². The van der Waals surface area contributed by atoms with Gasteiger partial charge in [-0.25, -0.2) is 0 Å². The smallest absolute Gasteiger partial charge is 0.130 e. The van der Waals surface area contributed by atoms with Gasteiger partial charge in [0.25, 0.3) is 0 Å². The molecule has 0 saturated carbocycles. The van der Waals surface area contributed by atoms with Gasteiger partial charge in [0.2, 0.25) is 0 Å². The monoisotopic (exact) mass is 96.1 g/mol. The highest BCUT2D eigenvalue weighted by Crippen LogP contribution is 2.28. The summed E-state index contributed by atoms with van der Waals surface area (Å²) < 4.78 is 0. The van der Waals surface area contributed by atoms with Crippen LogP contribution in [0.15, 0.2) is 11.6 Å². The summed E-state index contributed by atoms with van der Waals surface area (Å²) in [6, 6.07) is 0. The molecular formula is C6H8O. The minimum atomic E-state index is 0.227. The highest BCUT2D eigenvalue weighted by molar-refractivity contribution is 5.69. The Morgan fingerprint density at radius 1 is 2.00 bits per heavy atom. The van der Waals surface area contributed by atoms with Gasteiger partial charge in [-0.1, -0.05) is 18.6 Å². The van der Waals surface area contributed by atoms with Gasteiger partial charge in [0, 0.05) is 0 Å². The van der Waals surface area contributed by atoms with Crippen molar-refractivity contribution in [2.75, 3.05) is 0 Å². The first-order chi connectivity index (χ1) is 3.38. The fourth-order valence-corrected chi connectivity index (χ4v) is 0.663. The van der Waals surface area contributed by atoms with E-state index in [0.717, 1.165) is 12.7 Å². The van der Waals surface area contributed by atoms with E-state index in [2.05, 4.69) is 6.92 Å². The van der Waals surface area contributed by atoms with Crippen LogP contribution in [0.2, 0.25) is 0 Å². The summed E-state index contributed by atoms with van der Waals surface area (Å²) in [6.45, 7) is 2.06. The molecule has 0 aliphatic heterocycles. The van der Waals surface area contributed by atoms with Crippen molar-refractivity contribution in [1.29, 1.82) is 0 Å². The Labute approximate surface area is 43.0 Å². The normalized spacial score (nSPS) is 26.4. The van der Waals surface area contributed by atoms with Crippen LogP contribution in [0.4, 0.5) is 0 Å². The number of aldehydes is 1. The largest absolute Gasteiger partial charge is 0.302 e. The maximum absolute atomic E-state index is 9.88. The number of allylic oxidation sites excluding steroid dienone is 2. The fourth-order valence-electron chi connectivity index (χ4n) is 0.663. The van der Waals surface area contributed by atoms with E-state index in [1.807, 2.05) is 6.08 Å². The van der Waals surface area contributed by atoms with Gasteiger partial charge in [-0.3, -0.25) is 0 Å². The lowest BCUT2D eigenvalue weighted by atomic mass is 10.3. The number of rotatable bonds is 2. The molecule has 1 aliphatic rings. The first kappa shape index (κ1) is 4.57. The summed E-state index contributed by atoms with van der Waals surface area (Å²) >= 11 is 0. The molecule has 7 heavy (non-hydrogen) atoms. The summed E-state index contributed by atoms with van der Waals surface area (Å²) in [5.41, 5.74) is 1.30. The third-order valence-corrected chi connectivity index (χ3v) is 1.27. The highest BCUT2D eigenvalue weighted by Gasteiger charge is 2.20. The van der Waals surface area contributed by atoms with Crippen LogP contribution in [0.3, 0.4) is 0 Å². The summed E-state index contributed by atoms with van der Waals surface area (Å²) in [5.74, 6) is 0.227. The molecule has 0 fully saturated rings. The Hall–Kier alpha value is -0.590. The van der Waals surface area contributed by atoms with Gasteiger partial charge in [-0.05, 0) is 6.42 Å². The lowest BCUT2D eigenvalue weighted by molar-refractivity contribution is -0.108. The molecule has 0 amide bonds. The predicted molar refractivity (Wildman–Crippen MR) is 27.9 cm³/mol. The van der Waals surface area contributed by atoms with Crippen LogP contribution in [-0.2, 0) is 4.79 Å². The molecular weight excluding hydrogens is 88.1 g/mol. The third-order valence-electron chi connectivity index (χ3n) is 1.27. The molecule has 1 nitrogen and oxygen atoms in total. The molecule has 1 aliphatic carbocycles. The van der Waals surface area contributed by atoms with Gasteiger partial charge in [-0.2, -0.15) is 0 Å². The minimum absolute atomic E-state index is 0.227. The first-order valence-electron chi connectivity index (χ1n) is 2.54. The minimum Gasteiger partial charge on any atom is -0.302 e. The van der Waals surface area contributed by atoms with Crippen LogP contribution < -0.4 is 0 Å². The Morgan fingerprint density at radius 2 is 2.71 bits per heavy atom. The summed E-state index contributed by atoms with van der Waals surface area (Å²) in [6.07, 6.45) is 4.02. The van der Waals surface area contributed by atoms with Gasteiger partial charge in [0.05, 0.1) is 5.92 Å². The average Bonchev–Trinajstić information content (AvgIpc) is 2.43. The van der Waals surface area contributed by atoms with Gasteiger partial charge < -0.3 is 4.79 Å². The van der Waals surface area contributed by atoms with Crippen LogP contribution in [0, 0.1) is 5.92 Å². The third kappa shape index (κ3) is 0.710. The molecule has 0 aromatic rings. The van der Waals surface area contributed by atoms with E-state index in [1.165, 1.54) is 5.57 Å². The second kappa shape index (κ2) is 1.49. The molecule has 38 valence electrons. The Kier molecular flexibility index (Phi) is 0.970. The van der Waals surface area contributed by atoms with Crippen molar-refractivity contribution in [3.8, 4) is 0 Å². The Bertz CT molecular complexity index is 113. The van der Waals surface area contributed by atoms with Crippen molar-refractivity contribution < 1.29 is 4.79 Å². The lowest BCUT2D eigenvalue weighted by Crippen LogP contribution is -1.78. The second-order valence-electron chi connectivity index (χ2n) is 1.76. The van der Waals surface area contributed by atoms with E-state index in [-0.39, 0.29) is 5.92 Å². The maximum atomic E-state index is 9.88. The second-order valence-corrected chi connectivity index (χ2v) is 1.76. The summed E-state index contributed by atoms with van der Waals surface area (Å²) in [4.78, 5) is 9.88. The van der Waals surface area contributed by atoms with Crippen LogP contribution in [0.1, 0.15) is 13.3 Å². The standard InChI is InChI=1S/C6H8O/c1-2-5-3-6(5)4-7/h3-4,6H,2H2,1H3. The molecule has 0 bridgehead atoms. The average molecular weight is 96.1 g/mol. The van der Waals surface area contributed by atoms with E-state index in [0.29, 0.717) is 0 Å². The zero-order chi connectivity index (χ0) is 5.28. The zero-order valence-corrected chi connectivity index (χ0v) is 4.35. The highest BCUT2D eigenvalue weighted by atomic mass is 16.1. The van der Waals surface area contributed by atoms with Crippen molar-refractivity contribution in [2.45, 2.75) is 13.3 Å². The fraction of sp³-hybridized carbons (Fsp3) is 0.500. The SMILES string of the molecule is CCC1=CC1C=O. The molecule has 1 unspecified atom stereocenters. The quantitative estimate of drug-likeness (QED) is 0.372. The van der Waals surface area contributed by atoms with Crippen molar-refractivity contribution >= 4 is 6.29 Å². The summed E-state index contributed by atoms with van der Waals surface area (Å²) in [5, 5.41) is 0. The van der Waals surface area contributed by atoms with Gasteiger partial charge in [0.15, 0.2) is 0 Å². The van der Waals surface area contributed by atoms with Crippen LogP contribution >= 0.6 is 0 Å². The van der Waals surface area contributed by atoms with Gasteiger partial charge in [-0.15, -0.1) is 0 Å². The first-order valence-corrected chi connectivity index (χ1v) is 2.54. The molecule has 0 aromatic heterocycles. The zero-order valence-electron chi connectivity index (χ0n) is 4.35. The topological polar surface area (TPSA) is 17.1 Å². The molecule has 0 radical (unpaired) electrons. The van der Waals surface area contributed by atoms with Gasteiger partial charge in [0.1, 0.15) is 6.29 Å². The number of carbonyl (C=O) groups excluding carboxylic acids is 1. The summed E-state index contributed by atoms with van der Waals surface area (Å²) in [7, 11) is 0. The van der Waals surface area contributed by atoms with Crippen LogP contribution in [0.25, 0.3) is 0 Å².